The molecule has 1 aliphatic rings. The van der Waals surface area contributed by atoms with Gasteiger partial charge in [0, 0.05) is 35.6 Å². The normalized spacial score (nSPS) is 13.5. The Bertz CT molecular complexity index is 1290. The zero-order valence-electron chi connectivity index (χ0n) is 18.8. The van der Waals surface area contributed by atoms with E-state index in [0.29, 0.717) is 36.1 Å². The molecule has 0 amide bonds. The van der Waals surface area contributed by atoms with Crippen LogP contribution in [0.15, 0.2) is 36.7 Å². The second-order valence-electron chi connectivity index (χ2n) is 8.12. The minimum Gasteiger partial charge on any atom is -0.349 e. The van der Waals surface area contributed by atoms with Gasteiger partial charge in [-0.25, -0.2) is 15.0 Å². The van der Waals surface area contributed by atoms with E-state index in [1.54, 1.807) is 7.05 Å². The van der Waals surface area contributed by atoms with Crippen LogP contribution in [0.4, 0.5) is 43.7 Å². The van der Waals surface area contributed by atoms with Crippen molar-refractivity contribution in [2.75, 3.05) is 24.2 Å². The van der Waals surface area contributed by atoms with E-state index in [9.17, 15) is 26.3 Å². The number of rotatable bonds is 6. The van der Waals surface area contributed by atoms with E-state index >= 15 is 0 Å². The summed E-state index contributed by atoms with van der Waals surface area (Å²) in [6.07, 6.45) is -5.37. The lowest BCUT2D eigenvalue weighted by molar-refractivity contribution is -0.140. The van der Waals surface area contributed by atoms with Crippen molar-refractivity contribution in [3.8, 4) is 11.3 Å². The summed E-state index contributed by atoms with van der Waals surface area (Å²) in [6.45, 7) is 0.684. The number of anilines is 3. The zero-order valence-corrected chi connectivity index (χ0v) is 19.6. The third kappa shape index (κ3) is 5.73. The largest absolute Gasteiger partial charge is 0.435 e. The molecule has 4 rings (SSSR count). The first-order valence-electron chi connectivity index (χ1n) is 10.8. The summed E-state index contributed by atoms with van der Waals surface area (Å²) in [4.78, 5) is 12.4. The Morgan fingerprint density at radius 2 is 1.81 bits per heavy atom. The van der Waals surface area contributed by atoms with Gasteiger partial charge in [-0.3, -0.25) is 0 Å². The van der Waals surface area contributed by atoms with Gasteiger partial charge in [-0.05, 0) is 50.2 Å². The summed E-state index contributed by atoms with van der Waals surface area (Å²) >= 11 is 5.23. The highest BCUT2D eigenvalue weighted by Crippen LogP contribution is 2.39. The zero-order chi connectivity index (χ0) is 26.1. The lowest BCUT2D eigenvalue weighted by atomic mass is 10.0. The molecule has 0 aliphatic carbocycles. The topological polar surface area (TPSA) is 74.8 Å². The first kappa shape index (κ1) is 25.8. The molecule has 0 saturated heterocycles. The van der Waals surface area contributed by atoms with Crippen LogP contribution in [0.3, 0.4) is 0 Å². The van der Waals surface area contributed by atoms with Gasteiger partial charge in [-0.1, -0.05) is 18.3 Å². The molecular formula is C23H20F6N6S. The number of pyridine rings is 1. The van der Waals surface area contributed by atoms with Gasteiger partial charge in [-0.15, -0.1) is 0 Å². The molecule has 36 heavy (non-hydrogen) atoms. The third-order valence-corrected chi connectivity index (χ3v) is 5.69. The van der Waals surface area contributed by atoms with Gasteiger partial charge in [0.2, 0.25) is 5.95 Å². The lowest BCUT2D eigenvalue weighted by Gasteiger charge is -2.16. The molecule has 0 radical (unpaired) electrons. The van der Waals surface area contributed by atoms with E-state index < -0.39 is 23.6 Å². The Balaban J connectivity index is 1.74. The fourth-order valence-electron chi connectivity index (χ4n) is 3.78. The van der Waals surface area contributed by atoms with Crippen LogP contribution in [0, 0.1) is 0 Å². The maximum atomic E-state index is 13.6. The van der Waals surface area contributed by atoms with Crippen molar-refractivity contribution < 1.29 is 26.3 Å². The minimum atomic E-state index is -4.73. The number of hydrogen-bond acceptors (Lipinski definition) is 6. The predicted octanol–water partition coefficient (Wildman–Crippen LogP) is 5.77. The molecule has 190 valence electrons. The molecule has 0 atom stereocenters. The average molecular weight is 527 g/mol. The van der Waals surface area contributed by atoms with E-state index in [2.05, 4.69) is 30.9 Å². The van der Waals surface area contributed by atoms with Crippen molar-refractivity contribution in [3.63, 3.8) is 0 Å². The summed E-state index contributed by atoms with van der Waals surface area (Å²) in [7, 11) is 1.78. The Kier molecular flexibility index (Phi) is 7.14. The number of nitrogens with one attached hydrogen (secondary N) is 3. The van der Waals surface area contributed by atoms with E-state index in [1.165, 1.54) is 24.5 Å². The minimum absolute atomic E-state index is 0.0994. The third-order valence-electron chi connectivity index (χ3n) is 5.44. The number of thiocarbonyl (C=S) groups is 1. The van der Waals surface area contributed by atoms with E-state index in [4.69, 9.17) is 12.2 Å². The summed E-state index contributed by atoms with van der Waals surface area (Å²) in [5.74, 6) is -0.160. The number of aromatic nitrogens is 3. The van der Waals surface area contributed by atoms with Crippen molar-refractivity contribution in [2.45, 2.75) is 31.6 Å². The molecule has 1 aliphatic heterocycles. The molecular weight excluding hydrogens is 506 g/mol. The summed E-state index contributed by atoms with van der Waals surface area (Å²) < 4.78 is 80.5. The molecule has 1 aromatic carbocycles. The first-order valence-corrected chi connectivity index (χ1v) is 11.2. The summed E-state index contributed by atoms with van der Waals surface area (Å²) in [6, 6.07) is 4.43. The molecule has 0 spiro atoms. The highest BCUT2D eigenvalue weighted by Gasteiger charge is 2.36. The quantitative estimate of drug-likeness (QED) is 0.214. The maximum Gasteiger partial charge on any atom is 0.435 e. The van der Waals surface area contributed by atoms with Crippen molar-refractivity contribution in [1.82, 2.24) is 20.3 Å². The Morgan fingerprint density at radius 3 is 2.50 bits per heavy atom. The smallest absolute Gasteiger partial charge is 0.349 e. The van der Waals surface area contributed by atoms with E-state index in [0.717, 1.165) is 12.1 Å². The van der Waals surface area contributed by atoms with Crippen molar-refractivity contribution in [3.05, 3.63) is 59.0 Å². The second kappa shape index (κ2) is 9.97. The Hall–Kier alpha value is -3.32. The fourth-order valence-corrected chi connectivity index (χ4v) is 4.05. The van der Waals surface area contributed by atoms with Gasteiger partial charge in [0.1, 0.15) is 0 Å². The monoisotopic (exact) mass is 526 g/mol. The highest BCUT2D eigenvalue weighted by atomic mass is 32.1. The second-order valence-corrected chi connectivity index (χ2v) is 8.61. The summed E-state index contributed by atoms with van der Waals surface area (Å²) in [5, 5.41) is 8.37. The maximum absolute atomic E-state index is 13.6. The van der Waals surface area contributed by atoms with Crippen LogP contribution < -0.4 is 16.0 Å². The standard InChI is InChI=1S/C23H20F6N6S/c1-30-6-2-3-12-7-17(20(31-10-12)23(27,28)29)34-21-32-11-13-8-18(36)33-16-9-14(22(24,25)26)4-5-15(16)19(13)35-21/h4-5,7,9-11,30H,2-3,6,8H2,1H3,(H,33,36)(H,32,34,35). The number of hydrogen-bond donors (Lipinski definition) is 3. The van der Waals surface area contributed by atoms with Crippen LogP contribution >= 0.6 is 12.2 Å². The van der Waals surface area contributed by atoms with Crippen molar-refractivity contribution in [1.29, 1.82) is 0 Å². The van der Waals surface area contributed by atoms with Crippen LogP contribution in [0.25, 0.3) is 11.3 Å². The number of alkyl halides is 6. The van der Waals surface area contributed by atoms with Gasteiger partial charge in [0.05, 0.1) is 21.9 Å². The molecule has 13 heteroatoms. The molecule has 3 heterocycles. The van der Waals surface area contributed by atoms with Crippen LogP contribution in [-0.4, -0.2) is 33.5 Å². The van der Waals surface area contributed by atoms with Crippen LogP contribution in [-0.2, 0) is 25.2 Å². The van der Waals surface area contributed by atoms with E-state index in [1.807, 2.05) is 0 Å². The molecule has 0 unspecified atom stereocenters. The van der Waals surface area contributed by atoms with Crippen molar-refractivity contribution >= 4 is 34.5 Å². The number of halogens is 6. The molecule has 2 aromatic heterocycles. The molecule has 0 saturated carbocycles. The SMILES string of the molecule is CNCCCc1cnc(C(F)(F)F)c(Nc2ncc3c(n2)-c2ccc(C(F)(F)F)cc2NC(=S)C3)c1. The van der Waals surface area contributed by atoms with Gasteiger partial charge in [0.25, 0.3) is 0 Å². The molecule has 0 fully saturated rings. The highest BCUT2D eigenvalue weighted by molar-refractivity contribution is 7.80. The number of fused-ring (bicyclic) bond motifs is 3. The Morgan fingerprint density at radius 1 is 1.03 bits per heavy atom. The van der Waals surface area contributed by atoms with Crippen LogP contribution in [0.2, 0.25) is 0 Å². The molecule has 3 N–H and O–H groups in total. The van der Waals surface area contributed by atoms with Crippen molar-refractivity contribution in [2.24, 2.45) is 0 Å². The molecule has 6 nitrogen and oxygen atoms in total. The molecule has 3 aromatic rings. The van der Waals surface area contributed by atoms with Crippen LogP contribution in [0.5, 0.6) is 0 Å². The summed E-state index contributed by atoms with van der Waals surface area (Å²) in [5.41, 5.74) is -0.531. The first-order chi connectivity index (χ1) is 17.0. The predicted molar refractivity (Wildman–Crippen MR) is 127 cm³/mol. The number of benzene rings is 1. The average Bonchev–Trinajstić information content (AvgIpc) is 2.92. The number of nitrogens with zero attached hydrogens (tertiary/aromatic N) is 3. The number of aryl methyl sites for hydroxylation is 1. The fraction of sp³-hybridized carbons (Fsp3) is 0.304. The van der Waals surface area contributed by atoms with Gasteiger partial charge in [-0.2, -0.15) is 26.3 Å². The van der Waals surface area contributed by atoms with Gasteiger partial charge >= 0.3 is 12.4 Å². The van der Waals surface area contributed by atoms with Gasteiger partial charge < -0.3 is 16.0 Å². The molecule has 0 bridgehead atoms. The van der Waals surface area contributed by atoms with Crippen LogP contribution in [0.1, 0.15) is 28.8 Å². The van der Waals surface area contributed by atoms with E-state index in [-0.39, 0.29) is 34.4 Å². The lowest BCUT2D eigenvalue weighted by Crippen LogP contribution is -2.14. The Labute approximate surface area is 207 Å². The van der Waals surface area contributed by atoms with Gasteiger partial charge in [0.15, 0.2) is 5.69 Å².